The Morgan fingerprint density at radius 2 is 2.05 bits per heavy atom. The van der Waals surface area contributed by atoms with Crippen molar-refractivity contribution in [1.29, 1.82) is 0 Å². The molecule has 0 aromatic carbocycles. The predicted octanol–water partition coefficient (Wildman–Crippen LogP) is 0.240. The van der Waals surface area contributed by atoms with Gasteiger partial charge >= 0.3 is 0 Å². The molecular formula is C13H20N4O3S. The van der Waals surface area contributed by atoms with Crippen molar-refractivity contribution in [3.8, 4) is 0 Å². The number of carbonyl (C=O) groups excluding carboxylic acids is 1. The van der Waals surface area contributed by atoms with Crippen molar-refractivity contribution < 1.29 is 13.2 Å². The van der Waals surface area contributed by atoms with Gasteiger partial charge in [0.15, 0.2) is 21.3 Å². The standard InChI is InChI=1S/C13H20N4O3S/c1-3-17(4-2)12-6-5-11(15-16-12)13(18)14-10-7-8-21(19,20)9-10/h5-6,10H,3-4,7-9H2,1-2H3,(H,14,18). The van der Waals surface area contributed by atoms with Crippen molar-refractivity contribution in [2.24, 2.45) is 0 Å². The number of nitrogens with one attached hydrogen (secondary N) is 1. The van der Waals surface area contributed by atoms with E-state index in [2.05, 4.69) is 15.5 Å². The van der Waals surface area contributed by atoms with E-state index in [-0.39, 0.29) is 29.1 Å². The fourth-order valence-electron chi connectivity index (χ4n) is 2.33. The molecule has 1 aliphatic rings. The summed E-state index contributed by atoms with van der Waals surface area (Å²) in [6.45, 7) is 5.67. The first kappa shape index (κ1) is 15.7. The summed E-state index contributed by atoms with van der Waals surface area (Å²) in [5.41, 5.74) is 0.204. The first-order chi connectivity index (χ1) is 9.95. The molecular weight excluding hydrogens is 292 g/mol. The third kappa shape index (κ3) is 3.90. The first-order valence-electron chi connectivity index (χ1n) is 7.05. The summed E-state index contributed by atoms with van der Waals surface area (Å²) < 4.78 is 22.7. The van der Waals surface area contributed by atoms with Gasteiger partial charge in [-0.25, -0.2) is 8.42 Å². The van der Waals surface area contributed by atoms with Gasteiger partial charge in [-0.1, -0.05) is 0 Å². The second-order valence-corrected chi connectivity index (χ2v) is 7.25. The van der Waals surface area contributed by atoms with E-state index in [1.165, 1.54) is 0 Å². The fourth-order valence-corrected chi connectivity index (χ4v) is 4.00. The van der Waals surface area contributed by atoms with Gasteiger partial charge in [-0.2, -0.15) is 0 Å². The largest absolute Gasteiger partial charge is 0.356 e. The monoisotopic (exact) mass is 312 g/mol. The summed E-state index contributed by atoms with van der Waals surface area (Å²) in [5.74, 6) is 0.476. The molecule has 116 valence electrons. The van der Waals surface area contributed by atoms with E-state index in [9.17, 15) is 13.2 Å². The van der Waals surface area contributed by atoms with Gasteiger partial charge in [0.2, 0.25) is 0 Å². The maximum absolute atomic E-state index is 12.0. The highest BCUT2D eigenvalue weighted by molar-refractivity contribution is 7.91. The van der Waals surface area contributed by atoms with Gasteiger partial charge in [-0.15, -0.1) is 10.2 Å². The number of anilines is 1. The van der Waals surface area contributed by atoms with E-state index in [0.717, 1.165) is 18.9 Å². The molecule has 0 saturated carbocycles. The molecule has 1 fully saturated rings. The molecule has 1 aromatic rings. The van der Waals surface area contributed by atoms with Gasteiger partial charge < -0.3 is 10.2 Å². The molecule has 1 amide bonds. The lowest BCUT2D eigenvalue weighted by atomic mass is 10.2. The van der Waals surface area contributed by atoms with Crippen molar-refractivity contribution in [1.82, 2.24) is 15.5 Å². The summed E-state index contributed by atoms with van der Waals surface area (Å²) in [5, 5.41) is 10.7. The van der Waals surface area contributed by atoms with Crippen LogP contribution >= 0.6 is 0 Å². The third-order valence-electron chi connectivity index (χ3n) is 3.54. The van der Waals surface area contributed by atoms with Gasteiger partial charge in [-0.05, 0) is 32.4 Å². The Hall–Kier alpha value is -1.70. The highest BCUT2D eigenvalue weighted by Gasteiger charge is 2.29. The number of amides is 1. The Kier molecular flexibility index (Phi) is 4.76. The van der Waals surface area contributed by atoms with Crippen molar-refractivity contribution in [3.05, 3.63) is 17.8 Å². The topological polar surface area (TPSA) is 92.3 Å². The first-order valence-corrected chi connectivity index (χ1v) is 8.87. The molecule has 1 N–H and O–H groups in total. The van der Waals surface area contributed by atoms with Crippen LogP contribution in [0.5, 0.6) is 0 Å². The molecule has 1 aliphatic heterocycles. The average molecular weight is 312 g/mol. The lowest BCUT2D eigenvalue weighted by Gasteiger charge is -2.18. The van der Waals surface area contributed by atoms with E-state index >= 15 is 0 Å². The molecule has 1 atom stereocenters. The van der Waals surface area contributed by atoms with Crippen molar-refractivity contribution in [3.63, 3.8) is 0 Å². The summed E-state index contributed by atoms with van der Waals surface area (Å²) in [6.07, 6.45) is 0.457. The van der Waals surface area contributed by atoms with Crippen LogP contribution in [0, 0.1) is 0 Å². The van der Waals surface area contributed by atoms with Gasteiger partial charge in [-0.3, -0.25) is 4.79 Å². The lowest BCUT2D eigenvalue weighted by molar-refractivity contribution is 0.0935. The second kappa shape index (κ2) is 6.38. The molecule has 1 aromatic heterocycles. The van der Waals surface area contributed by atoms with Crippen LogP contribution in [0.15, 0.2) is 12.1 Å². The van der Waals surface area contributed by atoms with Crippen LogP contribution in [0.3, 0.4) is 0 Å². The number of sulfone groups is 1. The summed E-state index contributed by atoms with van der Waals surface area (Å²) >= 11 is 0. The van der Waals surface area contributed by atoms with Crippen LogP contribution < -0.4 is 10.2 Å². The molecule has 7 nitrogen and oxygen atoms in total. The zero-order valence-corrected chi connectivity index (χ0v) is 13.1. The van der Waals surface area contributed by atoms with E-state index in [0.29, 0.717) is 6.42 Å². The molecule has 1 unspecified atom stereocenters. The Morgan fingerprint density at radius 3 is 2.52 bits per heavy atom. The van der Waals surface area contributed by atoms with E-state index in [4.69, 9.17) is 0 Å². The highest BCUT2D eigenvalue weighted by Crippen LogP contribution is 2.12. The molecule has 2 rings (SSSR count). The Labute approximate surface area is 124 Å². The molecule has 1 saturated heterocycles. The molecule has 21 heavy (non-hydrogen) atoms. The number of nitrogens with zero attached hydrogens (tertiary/aromatic N) is 3. The van der Waals surface area contributed by atoms with Crippen LogP contribution in [-0.2, 0) is 9.84 Å². The minimum absolute atomic E-state index is 0.00367. The minimum Gasteiger partial charge on any atom is -0.356 e. The maximum Gasteiger partial charge on any atom is 0.272 e. The maximum atomic E-state index is 12.0. The van der Waals surface area contributed by atoms with Crippen molar-refractivity contribution in [2.45, 2.75) is 26.3 Å². The molecule has 0 bridgehead atoms. The van der Waals surface area contributed by atoms with E-state index in [1.54, 1.807) is 12.1 Å². The van der Waals surface area contributed by atoms with Gasteiger partial charge in [0.25, 0.3) is 5.91 Å². The minimum atomic E-state index is -3.01. The number of hydrogen-bond donors (Lipinski definition) is 1. The van der Waals surface area contributed by atoms with Crippen molar-refractivity contribution in [2.75, 3.05) is 29.5 Å². The molecule has 0 radical (unpaired) electrons. The number of rotatable bonds is 5. The Morgan fingerprint density at radius 1 is 1.33 bits per heavy atom. The zero-order valence-electron chi connectivity index (χ0n) is 12.2. The van der Waals surface area contributed by atoms with Crippen LogP contribution in [0.1, 0.15) is 30.8 Å². The molecule has 0 aliphatic carbocycles. The van der Waals surface area contributed by atoms with Crippen molar-refractivity contribution >= 4 is 21.6 Å². The molecule has 0 spiro atoms. The Bertz CT molecular complexity index is 596. The van der Waals surface area contributed by atoms with Gasteiger partial charge in [0.1, 0.15) is 0 Å². The zero-order chi connectivity index (χ0) is 15.5. The van der Waals surface area contributed by atoms with E-state index < -0.39 is 9.84 Å². The number of carbonyl (C=O) groups is 1. The van der Waals surface area contributed by atoms with Crippen LogP contribution in [0.2, 0.25) is 0 Å². The van der Waals surface area contributed by atoms with Crippen LogP contribution in [-0.4, -0.2) is 55.2 Å². The predicted molar refractivity (Wildman–Crippen MR) is 80.1 cm³/mol. The second-order valence-electron chi connectivity index (χ2n) is 5.02. The lowest BCUT2D eigenvalue weighted by Crippen LogP contribution is -2.36. The smallest absolute Gasteiger partial charge is 0.272 e. The highest BCUT2D eigenvalue weighted by atomic mass is 32.2. The average Bonchev–Trinajstić information content (AvgIpc) is 2.80. The molecule has 8 heteroatoms. The third-order valence-corrected chi connectivity index (χ3v) is 5.31. The van der Waals surface area contributed by atoms with Gasteiger partial charge in [0, 0.05) is 19.1 Å². The Balaban J connectivity index is 2.00. The quantitative estimate of drug-likeness (QED) is 0.837. The summed E-state index contributed by atoms with van der Waals surface area (Å²) in [4.78, 5) is 14.0. The summed E-state index contributed by atoms with van der Waals surface area (Å²) in [6, 6.07) is 3.03. The van der Waals surface area contributed by atoms with Gasteiger partial charge in [0.05, 0.1) is 11.5 Å². The summed E-state index contributed by atoms with van der Waals surface area (Å²) in [7, 11) is -3.01. The van der Waals surface area contributed by atoms with Crippen LogP contribution in [0.4, 0.5) is 5.82 Å². The normalized spacial score (nSPS) is 20.2. The van der Waals surface area contributed by atoms with Crippen LogP contribution in [0.25, 0.3) is 0 Å². The number of hydrogen-bond acceptors (Lipinski definition) is 6. The molecule has 2 heterocycles. The SMILES string of the molecule is CCN(CC)c1ccc(C(=O)NC2CCS(=O)(=O)C2)nn1. The number of aromatic nitrogens is 2. The fraction of sp³-hybridized carbons (Fsp3) is 0.615. The van der Waals surface area contributed by atoms with E-state index in [1.807, 2.05) is 18.7 Å².